The van der Waals surface area contributed by atoms with Crippen LogP contribution in [0.4, 0.5) is 8.78 Å². The molecule has 0 bridgehead atoms. The van der Waals surface area contributed by atoms with Gasteiger partial charge in [-0.2, -0.15) is 8.78 Å². The summed E-state index contributed by atoms with van der Waals surface area (Å²) in [6.45, 7) is 3.26. The predicted octanol–water partition coefficient (Wildman–Crippen LogP) is 2.06. The lowest BCUT2D eigenvalue weighted by Gasteiger charge is -2.20. The Morgan fingerprint density at radius 2 is 1.94 bits per heavy atom. The van der Waals surface area contributed by atoms with Crippen molar-refractivity contribution in [1.82, 2.24) is 0 Å². The minimum absolute atomic E-state index is 0.0626. The monoisotopic (exact) mass is 230 g/mol. The Hall–Kier alpha value is -1.49. The first kappa shape index (κ1) is 12.6. The van der Waals surface area contributed by atoms with Crippen LogP contribution in [0.25, 0.3) is 0 Å². The van der Waals surface area contributed by atoms with Crippen LogP contribution in [0.15, 0.2) is 18.2 Å². The molecule has 2 N–H and O–H groups in total. The first-order valence-corrected chi connectivity index (χ1v) is 4.64. The van der Waals surface area contributed by atoms with Gasteiger partial charge < -0.3 is 10.2 Å². The molecule has 1 unspecified atom stereocenters. The van der Waals surface area contributed by atoms with Gasteiger partial charge in [0.05, 0.1) is 0 Å². The summed E-state index contributed by atoms with van der Waals surface area (Å²) >= 11 is 0. The highest BCUT2D eigenvalue weighted by molar-refractivity contribution is 5.76. The third-order valence-electron chi connectivity index (χ3n) is 2.57. The van der Waals surface area contributed by atoms with Crippen LogP contribution in [0.1, 0.15) is 22.8 Å². The number of carbonyl (C=O) groups is 1. The van der Waals surface area contributed by atoms with Gasteiger partial charge in [0, 0.05) is 0 Å². The third kappa shape index (κ3) is 2.04. The predicted molar refractivity (Wildman–Crippen MR) is 53.5 cm³/mol. The Bertz CT molecular complexity index is 416. The minimum Gasteiger partial charge on any atom is -0.477 e. The van der Waals surface area contributed by atoms with E-state index < -0.39 is 18.0 Å². The van der Waals surface area contributed by atoms with Crippen LogP contribution < -0.4 is 0 Å². The average molecular weight is 230 g/mol. The van der Waals surface area contributed by atoms with Crippen molar-refractivity contribution in [2.24, 2.45) is 0 Å². The third-order valence-corrected chi connectivity index (χ3v) is 2.57. The molecule has 0 aliphatic carbocycles. The van der Waals surface area contributed by atoms with Crippen LogP contribution in [0.3, 0.4) is 0 Å². The molecule has 16 heavy (non-hydrogen) atoms. The fraction of sp³-hybridized carbons (Fsp3) is 0.364. The van der Waals surface area contributed by atoms with Gasteiger partial charge >= 0.3 is 11.9 Å². The number of aliphatic hydroxyl groups is 1. The quantitative estimate of drug-likeness (QED) is 0.835. The molecule has 1 aromatic rings. The van der Waals surface area contributed by atoms with Crippen LogP contribution in [-0.4, -0.2) is 22.1 Å². The number of halogens is 2. The number of carboxylic acids is 1. The average Bonchev–Trinajstić information content (AvgIpc) is 2.21. The van der Waals surface area contributed by atoms with E-state index in [9.17, 15) is 18.7 Å². The van der Waals surface area contributed by atoms with Crippen molar-refractivity contribution in [1.29, 1.82) is 0 Å². The molecule has 0 radical (unpaired) electrons. The normalized spacial score (nSPS) is 13.6. The van der Waals surface area contributed by atoms with E-state index in [-0.39, 0.29) is 5.56 Å². The molecular weight excluding hydrogens is 218 g/mol. The zero-order valence-electron chi connectivity index (χ0n) is 8.87. The molecular formula is C11H12F2O3. The van der Waals surface area contributed by atoms with E-state index in [4.69, 9.17) is 5.11 Å². The van der Waals surface area contributed by atoms with Crippen molar-refractivity contribution in [3.05, 3.63) is 34.9 Å². The first-order chi connectivity index (χ1) is 7.28. The van der Waals surface area contributed by atoms with E-state index in [0.717, 1.165) is 5.56 Å². The van der Waals surface area contributed by atoms with Crippen molar-refractivity contribution in [2.75, 3.05) is 0 Å². The highest BCUT2D eigenvalue weighted by Crippen LogP contribution is 2.33. The van der Waals surface area contributed by atoms with E-state index in [0.29, 0.717) is 5.56 Å². The summed E-state index contributed by atoms with van der Waals surface area (Å²) in [6, 6.07) is 4.49. The molecule has 1 rings (SSSR count). The number of hydrogen-bond acceptors (Lipinski definition) is 2. The topological polar surface area (TPSA) is 57.5 Å². The summed E-state index contributed by atoms with van der Waals surface area (Å²) < 4.78 is 26.2. The van der Waals surface area contributed by atoms with E-state index in [1.807, 2.05) is 0 Å². The number of aliphatic carboxylic acids is 1. The van der Waals surface area contributed by atoms with Gasteiger partial charge in [0.15, 0.2) is 6.10 Å². The summed E-state index contributed by atoms with van der Waals surface area (Å²) in [5.74, 6) is -6.51. The number of hydrogen-bond donors (Lipinski definition) is 2. The van der Waals surface area contributed by atoms with Crippen LogP contribution in [0.2, 0.25) is 0 Å². The Kier molecular flexibility index (Phi) is 3.28. The largest absolute Gasteiger partial charge is 0.477 e. The lowest BCUT2D eigenvalue weighted by Crippen LogP contribution is -2.35. The van der Waals surface area contributed by atoms with Gasteiger partial charge in [0.2, 0.25) is 0 Å². The second-order valence-electron chi connectivity index (χ2n) is 3.62. The Morgan fingerprint density at radius 1 is 1.38 bits per heavy atom. The number of aliphatic hydroxyl groups excluding tert-OH is 1. The van der Waals surface area contributed by atoms with Crippen LogP contribution >= 0.6 is 0 Å². The van der Waals surface area contributed by atoms with Crippen LogP contribution in [0, 0.1) is 13.8 Å². The molecule has 0 heterocycles. The van der Waals surface area contributed by atoms with E-state index >= 15 is 0 Å². The highest BCUT2D eigenvalue weighted by Gasteiger charge is 2.48. The number of alkyl halides is 2. The zero-order chi connectivity index (χ0) is 12.5. The van der Waals surface area contributed by atoms with Gasteiger partial charge in [0.25, 0.3) is 0 Å². The molecule has 0 saturated carbocycles. The first-order valence-electron chi connectivity index (χ1n) is 4.64. The maximum absolute atomic E-state index is 13.1. The van der Waals surface area contributed by atoms with Crippen molar-refractivity contribution in [2.45, 2.75) is 25.9 Å². The molecule has 0 saturated heterocycles. The Morgan fingerprint density at radius 3 is 2.44 bits per heavy atom. The fourth-order valence-electron chi connectivity index (χ4n) is 1.38. The molecule has 0 aliphatic rings. The summed E-state index contributed by atoms with van der Waals surface area (Å²) in [5.41, 5.74) is 1.13. The fourth-order valence-corrected chi connectivity index (χ4v) is 1.38. The van der Waals surface area contributed by atoms with Gasteiger partial charge in [-0.25, -0.2) is 4.79 Å². The molecule has 0 spiro atoms. The number of aryl methyl sites for hydroxylation is 1. The molecule has 0 fully saturated rings. The Balaban J connectivity index is 3.20. The van der Waals surface area contributed by atoms with Gasteiger partial charge in [-0.05, 0) is 30.5 Å². The minimum atomic E-state index is -4.18. The molecule has 0 amide bonds. The highest BCUT2D eigenvalue weighted by atomic mass is 19.3. The smallest absolute Gasteiger partial charge is 0.377 e. The molecule has 0 aliphatic heterocycles. The van der Waals surface area contributed by atoms with Crippen molar-refractivity contribution in [3.8, 4) is 0 Å². The van der Waals surface area contributed by atoms with Gasteiger partial charge in [-0.1, -0.05) is 18.2 Å². The van der Waals surface area contributed by atoms with Gasteiger partial charge in [0.1, 0.15) is 0 Å². The number of rotatable bonds is 3. The van der Waals surface area contributed by atoms with Crippen LogP contribution in [0.5, 0.6) is 0 Å². The van der Waals surface area contributed by atoms with Crippen molar-refractivity contribution < 1.29 is 23.8 Å². The molecule has 0 aromatic heterocycles. The summed E-state index contributed by atoms with van der Waals surface area (Å²) in [5, 5.41) is 17.7. The maximum atomic E-state index is 13.1. The number of benzene rings is 1. The number of carboxylic acid groups (broad SMARTS) is 1. The standard InChI is InChI=1S/C11H12F2O3/c1-6-4-3-5-8(7(6)2)9(14)11(12,13)10(15)16/h3-5,9,14H,1-2H3,(H,15,16). The lowest BCUT2D eigenvalue weighted by atomic mass is 9.96. The second kappa shape index (κ2) is 4.17. The zero-order valence-corrected chi connectivity index (χ0v) is 8.87. The SMILES string of the molecule is Cc1cccc(C(O)C(F)(F)C(=O)O)c1C. The molecule has 3 nitrogen and oxygen atoms in total. The van der Waals surface area contributed by atoms with E-state index in [1.54, 1.807) is 19.9 Å². The second-order valence-corrected chi connectivity index (χ2v) is 3.62. The lowest BCUT2D eigenvalue weighted by molar-refractivity contribution is -0.183. The van der Waals surface area contributed by atoms with Crippen molar-refractivity contribution >= 4 is 5.97 Å². The molecule has 1 atom stereocenters. The van der Waals surface area contributed by atoms with Gasteiger partial charge in [-0.15, -0.1) is 0 Å². The summed E-state index contributed by atoms with van der Waals surface area (Å²) in [6.07, 6.45) is -2.33. The van der Waals surface area contributed by atoms with Crippen LogP contribution in [-0.2, 0) is 4.79 Å². The van der Waals surface area contributed by atoms with Crippen molar-refractivity contribution in [3.63, 3.8) is 0 Å². The van der Waals surface area contributed by atoms with E-state index in [2.05, 4.69) is 0 Å². The van der Waals surface area contributed by atoms with E-state index in [1.165, 1.54) is 12.1 Å². The Labute approximate surface area is 91.3 Å². The summed E-state index contributed by atoms with van der Waals surface area (Å²) in [4.78, 5) is 10.3. The van der Waals surface area contributed by atoms with Gasteiger partial charge in [-0.3, -0.25) is 0 Å². The molecule has 88 valence electrons. The molecule has 5 heteroatoms. The summed E-state index contributed by atoms with van der Waals surface area (Å²) in [7, 11) is 0. The maximum Gasteiger partial charge on any atom is 0.377 e. The molecule has 1 aromatic carbocycles.